The zero-order chi connectivity index (χ0) is 14.7. The molecular formula is C13H12N2O5. The summed E-state index contributed by atoms with van der Waals surface area (Å²) in [6.45, 7) is 2.28. The number of aromatic carboxylic acids is 1. The van der Waals surface area contributed by atoms with E-state index in [0.717, 1.165) is 10.8 Å². The molecule has 0 radical (unpaired) electrons. The van der Waals surface area contributed by atoms with Gasteiger partial charge in [0.05, 0.1) is 12.3 Å². The standard InChI is InChI=1S/C13H12N2O5/c1-2-20-9-5-3-4-8(6-9)15-7-10(12(17)18)11(16)14-13(15)19/h3-7H,2H2,1H3,(H,17,18)(H,14,16,19). The summed E-state index contributed by atoms with van der Waals surface area (Å²) in [6, 6.07) is 6.56. The number of carbonyl (C=O) groups is 1. The van der Waals surface area contributed by atoms with Gasteiger partial charge in [0.1, 0.15) is 11.3 Å². The monoisotopic (exact) mass is 276 g/mol. The van der Waals surface area contributed by atoms with Gasteiger partial charge in [-0.1, -0.05) is 6.07 Å². The molecular weight excluding hydrogens is 264 g/mol. The lowest BCUT2D eigenvalue weighted by Crippen LogP contribution is -2.32. The van der Waals surface area contributed by atoms with Crippen molar-refractivity contribution < 1.29 is 14.6 Å². The molecule has 1 aromatic heterocycles. The molecule has 2 rings (SSSR count). The maximum atomic E-state index is 11.8. The van der Waals surface area contributed by atoms with E-state index < -0.39 is 22.8 Å². The van der Waals surface area contributed by atoms with Gasteiger partial charge in [0.25, 0.3) is 5.56 Å². The fourth-order valence-electron chi connectivity index (χ4n) is 1.70. The van der Waals surface area contributed by atoms with E-state index in [1.54, 1.807) is 24.3 Å². The molecule has 1 heterocycles. The maximum Gasteiger partial charge on any atom is 0.342 e. The van der Waals surface area contributed by atoms with E-state index in [4.69, 9.17) is 9.84 Å². The molecule has 0 saturated carbocycles. The molecule has 0 atom stereocenters. The molecule has 0 unspecified atom stereocenters. The molecule has 0 amide bonds. The zero-order valence-electron chi connectivity index (χ0n) is 10.6. The van der Waals surface area contributed by atoms with Crippen LogP contribution in [0.3, 0.4) is 0 Å². The highest BCUT2D eigenvalue weighted by Crippen LogP contribution is 2.15. The van der Waals surface area contributed by atoms with Crippen LogP contribution >= 0.6 is 0 Å². The fourth-order valence-corrected chi connectivity index (χ4v) is 1.70. The van der Waals surface area contributed by atoms with Crippen molar-refractivity contribution in [1.29, 1.82) is 0 Å². The van der Waals surface area contributed by atoms with Crippen molar-refractivity contribution >= 4 is 5.97 Å². The average Bonchev–Trinajstić information content (AvgIpc) is 2.39. The lowest BCUT2D eigenvalue weighted by Gasteiger charge is -2.08. The molecule has 0 spiro atoms. The quantitative estimate of drug-likeness (QED) is 0.852. The molecule has 20 heavy (non-hydrogen) atoms. The van der Waals surface area contributed by atoms with Crippen LogP contribution in [-0.4, -0.2) is 27.2 Å². The molecule has 0 aliphatic rings. The zero-order valence-corrected chi connectivity index (χ0v) is 10.6. The number of hydrogen-bond acceptors (Lipinski definition) is 4. The van der Waals surface area contributed by atoms with Crippen molar-refractivity contribution in [3.05, 3.63) is 56.9 Å². The fraction of sp³-hybridized carbons (Fsp3) is 0.154. The molecule has 0 aliphatic carbocycles. The number of hydrogen-bond donors (Lipinski definition) is 2. The third kappa shape index (κ3) is 2.61. The van der Waals surface area contributed by atoms with Crippen molar-refractivity contribution in [3.8, 4) is 11.4 Å². The molecule has 1 aromatic carbocycles. The Labute approximate surface area is 113 Å². The number of carboxylic acid groups (broad SMARTS) is 1. The largest absolute Gasteiger partial charge is 0.494 e. The van der Waals surface area contributed by atoms with Crippen LogP contribution in [0.25, 0.3) is 5.69 Å². The van der Waals surface area contributed by atoms with Gasteiger partial charge in [0.15, 0.2) is 0 Å². The van der Waals surface area contributed by atoms with Gasteiger partial charge >= 0.3 is 11.7 Å². The van der Waals surface area contributed by atoms with Gasteiger partial charge in [0, 0.05) is 12.3 Å². The number of benzene rings is 1. The number of rotatable bonds is 4. The first kappa shape index (κ1) is 13.6. The van der Waals surface area contributed by atoms with Gasteiger partial charge in [-0.2, -0.15) is 0 Å². The Balaban J connectivity index is 2.60. The summed E-state index contributed by atoms with van der Waals surface area (Å²) < 4.78 is 6.35. The topological polar surface area (TPSA) is 101 Å². The van der Waals surface area contributed by atoms with Crippen LogP contribution in [0.4, 0.5) is 0 Å². The lowest BCUT2D eigenvalue weighted by atomic mass is 10.3. The molecule has 0 saturated heterocycles. The average molecular weight is 276 g/mol. The second-order valence-corrected chi connectivity index (χ2v) is 3.91. The van der Waals surface area contributed by atoms with Crippen LogP contribution in [0.15, 0.2) is 40.1 Å². The van der Waals surface area contributed by atoms with E-state index in [-0.39, 0.29) is 0 Å². The van der Waals surface area contributed by atoms with E-state index in [0.29, 0.717) is 18.0 Å². The third-order valence-electron chi connectivity index (χ3n) is 2.58. The Morgan fingerprint density at radius 3 is 2.80 bits per heavy atom. The Morgan fingerprint density at radius 2 is 2.15 bits per heavy atom. The van der Waals surface area contributed by atoms with E-state index in [1.807, 2.05) is 11.9 Å². The second kappa shape index (κ2) is 5.43. The highest BCUT2D eigenvalue weighted by atomic mass is 16.5. The van der Waals surface area contributed by atoms with Crippen LogP contribution in [-0.2, 0) is 0 Å². The molecule has 0 fully saturated rings. The first-order chi connectivity index (χ1) is 9.52. The van der Waals surface area contributed by atoms with Gasteiger partial charge < -0.3 is 9.84 Å². The van der Waals surface area contributed by atoms with E-state index in [9.17, 15) is 14.4 Å². The molecule has 0 bridgehead atoms. The summed E-state index contributed by atoms with van der Waals surface area (Å²) >= 11 is 0. The number of aromatic nitrogens is 2. The third-order valence-corrected chi connectivity index (χ3v) is 2.58. The summed E-state index contributed by atoms with van der Waals surface area (Å²) in [4.78, 5) is 36.0. The summed E-state index contributed by atoms with van der Waals surface area (Å²) in [7, 11) is 0. The Hall–Kier alpha value is -2.83. The number of nitrogens with one attached hydrogen (secondary N) is 1. The van der Waals surface area contributed by atoms with Gasteiger partial charge in [-0.25, -0.2) is 9.59 Å². The van der Waals surface area contributed by atoms with E-state index in [2.05, 4.69) is 0 Å². The van der Waals surface area contributed by atoms with Gasteiger partial charge in [-0.05, 0) is 19.1 Å². The normalized spacial score (nSPS) is 10.2. The molecule has 2 N–H and O–H groups in total. The van der Waals surface area contributed by atoms with Gasteiger partial charge in [-0.3, -0.25) is 14.3 Å². The number of ether oxygens (including phenoxy) is 1. The van der Waals surface area contributed by atoms with Crippen LogP contribution < -0.4 is 16.0 Å². The SMILES string of the molecule is CCOc1cccc(-n2cc(C(=O)O)c(=O)[nH]c2=O)c1. The van der Waals surface area contributed by atoms with Crippen LogP contribution in [0.2, 0.25) is 0 Å². The minimum Gasteiger partial charge on any atom is -0.494 e. The summed E-state index contributed by atoms with van der Waals surface area (Å²) in [5.74, 6) is -0.860. The van der Waals surface area contributed by atoms with Gasteiger partial charge in [0.2, 0.25) is 0 Å². The van der Waals surface area contributed by atoms with Crippen molar-refractivity contribution in [1.82, 2.24) is 9.55 Å². The van der Waals surface area contributed by atoms with Crippen LogP contribution in [0, 0.1) is 0 Å². The predicted octanol–water partition coefficient (Wildman–Crippen LogP) is 0.623. The van der Waals surface area contributed by atoms with Crippen LogP contribution in [0.1, 0.15) is 17.3 Å². The molecule has 2 aromatic rings. The Bertz CT molecular complexity index is 760. The van der Waals surface area contributed by atoms with Crippen molar-refractivity contribution in [2.24, 2.45) is 0 Å². The lowest BCUT2D eigenvalue weighted by molar-refractivity contribution is 0.0694. The van der Waals surface area contributed by atoms with E-state index in [1.165, 1.54) is 0 Å². The number of H-pyrrole nitrogens is 1. The van der Waals surface area contributed by atoms with Gasteiger partial charge in [-0.15, -0.1) is 0 Å². The minimum absolute atomic E-state index is 0.403. The summed E-state index contributed by atoms with van der Waals surface area (Å²) in [6.07, 6.45) is 0.995. The van der Waals surface area contributed by atoms with Crippen LogP contribution in [0.5, 0.6) is 5.75 Å². The number of aromatic amines is 1. The first-order valence-corrected chi connectivity index (χ1v) is 5.85. The first-order valence-electron chi connectivity index (χ1n) is 5.85. The molecule has 104 valence electrons. The van der Waals surface area contributed by atoms with E-state index >= 15 is 0 Å². The number of nitrogens with zero attached hydrogens (tertiary/aromatic N) is 1. The smallest absolute Gasteiger partial charge is 0.342 e. The maximum absolute atomic E-state index is 11.8. The second-order valence-electron chi connectivity index (χ2n) is 3.91. The number of carboxylic acids is 1. The predicted molar refractivity (Wildman–Crippen MR) is 70.8 cm³/mol. The highest BCUT2D eigenvalue weighted by molar-refractivity contribution is 5.86. The molecule has 7 heteroatoms. The van der Waals surface area contributed by atoms with Crippen molar-refractivity contribution in [2.45, 2.75) is 6.92 Å². The summed E-state index contributed by atoms with van der Waals surface area (Å²) in [5.41, 5.74) is -1.75. The Morgan fingerprint density at radius 1 is 1.40 bits per heavy atom. The molecule has 0 aliphatic heterocycles. The molecule has 7 nitrogen and oxygen atoms in total. The highest BCUT2D eigenvalue weighted by Gasteiger charge is 2.12. The summed E-state index contributed by atoms with van der Waals surface area (Å²) in [5, 5.41) is 8.91. The Kier molecular flexibility index (Phi) is 3.69. The van der Waals surface area contributed by atoms with Crippen molar-refractivity contribution in [2.75, 3.05) is 6.61 Å². The minimum atomic E-state index is -1.40. The van der Waals surface area contributed by atoms with Crippen molar-refractivity contribution in [3.63, 3.8) is 0 Å².